The molecule has 2 aromatic heterocycles. The lowest BCUT2D eigenvalue weighted by molar-refractivity contribution is 0.0995. The summed E-state index contributed by atoms with van der Waals surface area (Å²) < 4.78 is 1.67. The molecule has 0 unspecified atom stereocenters. The molecule has 0 spiro atoms. The van der Waals surface area contributed by atoms with Gasteiger partial charge in [0.05, 0.1) is 11.4 Å². The minimum absolute atomic E-state index is 0.212. The van der Waals surface area contributed by atoms with Gasteiger partial charge in [0.1, 0.15) is 11.5 Å². The molecule has 16 heavy (non-hydrogen) atoms. The molecule has 82 valence electrons. The summed E-state index contributed by atoms with van der Waals surface area (Å²) in [5.74, 6) is -0.0542. The maximum atomic E-state index is 11.1. The number of nitrogens with zero attached hydrogens (tertiary/aromatic N) is 4. The fourth-order valence-electron chi connectivity index (χ4n) is 1.45. The second kappa shape index (κ2) is 3.73. The third-order valence-corrected chi connectivity index (χ3v) is 2.17. The average Bonchev–Trinajstić information content (AvgIpc) is 2.63. The number of aromatic nitrogens is 4. The number of hydrogen-bond donors (Lipinski definition) is 1. The van der Waals surface area contributed by atoms with Crippen molar-refractivity contribution in [2.75, 3.05) is 0 Å². The quantitative estimate of drug-likeness (QED) is 0.782. The second-order valence-electron chi connectivity index (χ2n) is 3.39. The largest absolute Gasteiger partial charge is 0.364 e. The predicted octanol–water partition coefficient (Wildman–Crippen LogP) is 0.284. The zero-order valence-corrected chi connectivity index (χ0v) is 9.01. The van der Waals surface area contributed by atoms with Crippen LogP contribution in [0.4, 0.5) is 0 Å². The molecule has 0 aliphatic heterocycles. The Morgan fingerprint density at radius 1 is 1.44 bits per heavy atom. The van der Waals surface area contributed by atoms with Crippen molar-refractivity contribution in [2.24, 2.45) is 12.8 Å². The molecule has 0 fully saturated rings. The number of aryl methyl sites for hydroxylation is 2. The van der Waals surface area contributed by atoms with Gasteiger partial charge in [0.15, 0.2) is 0 Å². The van der Waals surface area contributed by atoms with E-state index < -0.39 is 5.91 Å². The number of rotatable bonds is 2. The van der Waals surface area contributed by atoms with E-state index in [1.807, 2.05) is 6.07 Å². The Morgan fingerprint density at radius 2 is 2.19 bits per heavy atom. The molecule has 0 radical (unpaired) electrons. The van der Waals surface area contributed by atoms with Gasteiger partial charge < -0.3 is 5.73 Å². The van der Waals surface area contributed by atoms with Crippen molar-refractivity contribution in [2.45, 2.75) is 6.92 Å². The van der Waals surface area contributed by atoms with E-state index in [0.717, 1.165) is 5.69 Å². The van der Waals surface area contributed by atoms with Gasteiger partial charge in [-0.1, -0.05) is 0 Å². The molecule has 0 bridgehead atoms. The van der Waals surface area contributed by atoms with Gasteiger partial charge in [-0.15, -0.1) is 0 Å². The molecule has 0 aliphatic rings. The van der Waals surface area contributed by atoms with E-state index in [1.54, 1.807) is 30.9 Å². The molecular weight excluding hydrogens is 206 g/mol. The number of primary amides is 1. The Kier molecular flexibility index (Phi) is 2.40. The van der Waals surface area contributed by atoms with Crippen molar-refractivity contribution >= 4 is 5.91 Å². The van der Waals surface area contributed by atoms with Crippen molar-refractivity contribution in [1.82, 2.24) is 19.7 Å². The molecule has 0 atom stereocenters. The summed E-state index contributed by atoms with van der Waals surface area (Å²) in [7, 11) is 1.80. The second-order valence-corrected chi connectivity index (χ2v) is 3.39. The fraction of sp³-hybridized carbons (Fsp3) is 0.200. The smallest absolute Gasteiger partial charge is 0.267 e. The molecule has 6 nitrogen and oxygen atoms in total. The molecule has 6 heteroatoms. The van der Waals surface area contributed by atoms with E-state index in [2.05, 4.69) is 15.1 Å². The highest BCUT2D eigenvalue weighted by Crippen LogP contribution is 2.16. The van der Waals surface area contributed by atoms with Crippen LogP contribution in [0.15, 0.2) is 18.3 Å². The molecule has 1 amide bonds. The number of amides is 1. The number of hydrogen-bond acceptors (Lipinski definition) is 4. The molecule has 0 aromatic carbocycles. The first kappa shape index (κ1) is 10.3. The summed E-state index contributed by atoms with van der Waals surface area (Å²) in [6.45, 7) is 1.71. The summed E-state index contributed by atoms with van der Waals surface area (Å²) >= 11 is 0. The van der Waals surface area contributed by atoms with E-state index in [9.17, 15) is 4.79 Å². The lowest BCUT2D eigenvalue weighted by Gasteiger charge is -2.04. The lowest BCUT2D eigenvalue weighted by atomic mass is 10.2. The Morgan fingerprint density at radius 3 is 2.75 bits per heavy atom. The van der Waals surface area contributed by atoms with Gasteiger partial charge >= 0.3 is 0 Å². The van der Waals surface area contributed by atoms with Crippen LogP contribution in [0.5, 0.6) is 0 Å². The van der Waals surface area contributed by atoms with Crippen LogP contribution in [-0.2, 0) is 7.05 Å². The summed E-state index contributed by atoms with van der Waals surface area (Å²) in [4.78, 5) is 19.3. The summed E-state index contributed by atoms with van der Waals surface area (Å²) in [5, 5.41) is 4.04. The summed E-state index contributed by atoms with van der Waals surface area (Å²) in [6, 6.07) is 3.37. The summed E-state index contributed by atoms with van der Waals surface area (Å²) in [6.07, 6.45) is 1.66. The Bertz CT molecular complexity index is 546. The number of nitrogens with two attached hydrogens (primary N) is 1. The average molecular weight is 217 g/mol. The molecule has 0 saturated heterocycles. The minimum atomic E-state index is -0.561. The van der Waals surface area contributed by atoms with Gasteiger partial charge in [-0.05, 0) is 19.1 Å². The highest BCUT2D eigenvalue weighted by molar-refractivity contribution is 5.91. The molecule has 0 saturated carbocycles. The van der Waals surface area contributed by atoms with Crippen LogP contribution in [-0.4, -0.2) is 25.7 Å². The van der Waals surface area contributed by atoms with Gasteiger partial charge in [0, 0.05) is 13.2 Å². The van der Waals surface area contributed by atoms with Gasteiger partial charge in [0.25, 0.3) is 5.91 Å². The van der Waals surface area contributed by atoms with Crippen molar-refractivity contribution in [1.29, 1.82) is 0 Å². The van der Waals surface area contributed by atoms with Crippen LogP contribution in [0.3, 0.4) is 0 Å². The third kappa shape index (κ3) is 1.77. The van der Waals surface area contributed by atoms with E-state index in [4.69, 9.17) is 5.73 Å². The highest BCUT2D eigenvalue weighted by Gasteiger charge is 2.10. The highest BCUT2D eigenvalue weighted by atomic mass is 16.1. The molecule has 0 aliphatic carbocycles. The third-order valence-electron chi connectivity index (χ3n) is 2.17. The molecule has 2 rings (SSSR count). The molecule has 2 heterocycles. The zero-order valence-electron chi connectivity index (χ0n) is 9.01. The van der Waals surface area contributed by atoms with E-state index in [0.29, 0.717) is 11.5 Å². The zero-order chi connectivity index (χ0) is 11.7. The maximum Gasteiger partial charge on any atom is 0.267 e. The Balaban J connectivity index is 2.58. The predicted molar refractivity (Wildman–Crippen MR) is 57.5 cm³/mol. The van der Waals surface area contributed by atoms with Gasteiger partial charge in [0.2, 0.25) is 0 Å². The van der Waals surface area contributed by atoms with Crippen molar-refractivity contribution in [3.8, 4) is 11.4 Å². The molecule has 2 aromatic rings. The van der Waals surface area contributed by atoms with Crippen molar-refractivity contribution in [3.63, 3.8) is 0 Å². The standard InChI is InChI=1S/C10H11N5O/c1-6-13-7(5-8(14-6)10(11)16)9-3-4-12-15(9)2/h3-5H,1-2H3,(H2,11,16). The van der Waals surface area contributed by atoms with Crippen molar-refractivity contribution in [3.05, 3.63) is 29.8 Å². The first-order chi connectivity index (χ1) is 7.58. The van der Waals surface area contributed by atoms with E-state index in [-0.39, 0.29) is 5.69 Å². The number of carbonyl (C=O) groups is 1. The van der Waals surface area contributed by atoms with Crippen LogP contribution < -0.4 is 5.73 Å². The minimum Gasteiger partial charge on any atom is -0.364 e. The van der Waals surface area contributed by atoms with Gasteiger partial charge in [-0.2, -0.15) is 5.10 Å². The summed E-state index contributed by atoms with van der Waals surface area (Å²) in [5.41, 5.74) is 6.86. The van der Waals surface area contributed by atoms with Crippen LogP contribution in [0.25, 0.3) is 11.4 Å². The fourth-order valence-corrected chi connectivity index (χ4v) is 1.45. The maximum absolute atomic E-state index is 11.1. The first-order valence-corrected chi connectivity index (χ1v) is 4.72. The topological polar surface area (TPSA) is 86.7 Å². The Labute approximate surface area is 92.1 Å². The monoisotopic (exact) mass is 217 g/mol. The van der Waals surface area contributed by atoms with Crippen LogP contribution >= 0.6 is 0 Å². The van der Waals surface area contributed by atoms with E-state index >= 15 is 0 Å². The van der Waals surface area contributed by atoms with Gasteiger partial charge in [-0.3, -0.25) is 9.48 Å². The van der Waals surface area contributed by atoms with Crippen LogP contribution in [0.2, 0.25) is 0 Å². The molecular formula is C10H11N5O. The SMILES string of the molecule is Cc1nc(C(N)=O)cc(-c2ccnn2C)n1. The normalized spacial score (nSPS) is 10.4. The lowest BCUT2D eigenvalue weighted by Crippen LogP contribution is -2.14. The number of carbonyl (C=O) groups excluding carboxylic acids is 1. The van der Waals surface area contributed by atoms with E-state index in [1.165, 1.54) is 0 Å². The van der Waals surface area contributed by atoms with Gasteiger partial charge in [-0.25, -0.2) is 9.97 Å². The van der Waals surface area contributed by atoms with Crippen molar-refractivity contribution < 1.29 is 4.79 Å². The Hall–Kier alpha value is -2.24. The molecule has 2 N–H and O–H groups in total. The first-order valence-electron chi connectivity index (χ1n) is 4.72. The van der Waals surface area contributed by atoms with Crippen LogP contribution in [0, 0.1) is 6.92 Å². The van der Waals surface area contributed by atoms with Crippen LogP contribution in [0.1, 0.15) is 16.3 Å².